The topological polar surface area (TPSA) is 37.3 Å². The van der Waals surface area contributed by atoms with Crippen LogP contribution >= 0.6 is 27.5 Å². The summed E-state index contributed by atoms with van der Waals surface area (Å²) in [5.74, 6) is -0.720. The highest BCUT2D eigenvalue weighted by molar-refractivity contribution is 9.10. The van der Waals surface area contributed by atoms with Crippen molar-refractivity contribution in [2.24, 2.45) is 5.41 Å². The molecular formula is C15H20BrClO2. The molecule has 0 heterocycles. The summed E-state index contributed by atoms with van der Waals surface area (Å²) in [6, 6.07) is 5.63. The summed E-state index contributed by atoms with van der Waals surface area (Å²) in [5, 5.41) is 10.2. The number of carbonyl (C=O) groups is 1. The molecule has 0 aromatic heterocycles. The molecule has 4 heteroatoms. The van der Waals surface area contributed by atoms with Crippen LogP contribution in [0, 0.1) is 5.41 Å². The smallest absolute Gasteiger partial charge is 0.309 e. The van der Waals surface area contributed by atoms with Crippen molar-refractivity contribution in [3.8, 4) is 0 Å². The maximum absolute atomic E-state index is 11.7. The zero-order valence-electron chi connectivity index (χ0n) is 11.4. The highest BCUT2D eigenvalue weighted by Crippen LogP contribution is 2.36. The van der Waals surface area contributed by atoms with Gasteiger partial charge < -0.3 is 5.11 Å². The van der Waals surface area contributed by atoms with E-state index < -0.39 is 11.4 Å². The molecule has 1 N–H and O–H groups in total. The fourth-order valence-corrected chi connectivity index (χ4v) is 3.01. The number of carboxylic acid groups (broad SMARTS) is 1. The highest BCUT2D eigenvalue weighted by Gasteiger charge is 2.36. The first-order chi connectivity index (χ1) is 8.95. The molecule has 1 aromatic rings. The quantitative estimate of drug-likeness (QED) is 0.725. The molecule has 0 bridgehead atoms. The molecule has 1 aromatic carbocycles. The molecule has 1 atom stereocenters. The van der Waals surface area contributed by atoms with Crippen LogP contribution in [0.5, 0.6) is 0 Å². The van der Waals surface area contributed by atoms with E-state index in [0.29, 0.717) is 24.3 Å². The average molecular weight is 348 g/mol. The molecule has 106 valence electrons. The zero-order valence-corrected chi connectivity index (χ0v) is 13.7. The van der Waals surface area contributed by atoms with Crippen LogP contribution in [0.1, 0.15) is 45.1 Å². The van der Waals surface area contributed by atoms with Gasteiger partial charge >= 0.3 is 5.97 Å². The van der Waals surface area contributed by atoms with Crippen molar-refractivity contribution in [1.82, 2.24) is 0 Å². The Morgan fingerprint density at radius 3 is 2.58 bits per heavy atom. The van der Waals surface area contributed by atoms with Gasteiger partial charge in [0.05, 0.1) is 5.41 Å². The molecule has 0 radical (unpaired) electrons. The van der Waals surface area contributed by atoms with Crippen LogP contribution in [0.25, 0.3) is 0 Å². The first kappa shape index (κ1) is 16.5. The maximum Gasteiger partial charge on any atom is 0.309 e. The van der Waals surface area contributed by atoms with Crippen LogP contribution in [0.4, 0.5) is 0 Å². The van der Waals surface area contributed by atoms with E-state index in [9.17, 15) is 9.90 Å². The van der Waals surface area contributed by atoms with Gasteiger partial charge in [-0.05, 0) is 37.0 Å². The first-order valence-electron chi connectivity index (χ1n) is 6.62. The first-order valence-corrected chi connectivity index (χ1v) is 7.79. The van der Waals surface area contributed by atoms with Gasteiger partial charge in [0, 0.05) is 9.50 Å². The summed E-state index contributed by atoms with van der Waals surface area (Å²) < 4.78 is 0.909. The van der Waals surface area contributed by atoms with E-state index in [-0.39, 0.29) is 0 Å². The Kier molecular flexibility index (Phi) is 6.34. The van der Waals surface area contributed by atoms with Crippen molar-refractivity contribution in [3.63, 3.8) is 0 Å². The predicted molar refractivity (Wildman–Crippen MR) is 82.7 cm³/mol. The number of carboxylic acids is 1. The summed E-state index contributed by atoms with van der Waals surface area (Å²) >= 11 is 9.57. The van der Waals surface area contributed by atoms with E-state index in [1.165, 1.54) is 0 Å². The summed E-state index contributed by atoms with van der Waals surface area (Å²) in [5.41, 5.74) is 0.207. The largest absolute Gasteiger partial charge is 0.481 e. The molecule has 0 amide bonds. The molecule has 19 heavy (non-hydrogen) atoms. The average Bonchev–Trinajstić information content (AvgIpc) is 2.37. The molecule has 0 spiro atoms. The molecule has 0 saturated carbocycles. The van der Waals surface area contributed by atoms with Gasteiger partial charge in [-0.2, -0.15) is 0 Å². The summed E-state index contributed by atoms with van der Waals surface area (Å²) in [6.45, 7) is 4.02. The standard InChI is InChI=1S/C15H20BrClO2/c1-3-5-8-15(4-2,14(18)19)10-11-6-7-12(16)9-13(11)17/h6-7,9H,3-5,8,10H2,1-2H3,(H,18,19). The van der Waals surface area contributed by atoms with Crippen molar-refractivity contribution >= 4 is 33.5 Å². The molecule has 0 aliphatic heterocycles. The lowest BCUT2D eigenvalue weighted by Gasteiger charge is -2.28. The van der Waals surface area contributed by atoms with Gasteiger partial charge in [-0.3, -0.25) is 4.79 Å². The second kappa shape index (κ2) is 7.30. The van der Waals surface area contributed by atoms with E-state index in [4.69, 9.17) is 11.6 Å². The summed E-state index contributed by atoms with van der Waals surface area (Å²) in [7, 11) is 0. The maximum atomic E-state index is 11.7. The van der Waals surface area contributed by atoms with E-state index in [0.717, 1.165) is 22.9 Å². The van der Waals surface area contributed by atoms with Crippen LogP contribution in [0.15, 0.2) is 22.7 Å². The van der Waals surface area contributed by atoms with Gasteiger partial charge in [-0.1, -0.05) is 60.3 Å². The Labute approximate surface area is 128 Å². The lowest BCUT2D eigenvalue weighted by atomic mass is 9.75. The minimum absolute atomic E-state index is 0.491. The second-order valence-corrected chi connectivity index (χ2v) is 6.28. The minimum atomic E-state index is -0.720. The van der Waals surface area contributed by atoms with Crippen LogP contribution in [0.2, 0.25) is 5.02 Å². The third kappa shape index (κ3) is 4.22. The van der Waals surface area contributed by atoms with Gasteiger partial charge in [0.2, 0.25) is 0 Å². The van der Waals surface area contributed by atoms with Crippen molar-refractivity contribution < 1.29 is 9.90 Å². The number of aliphatic carboxylic acids is 1. The molecule has 2 nitrogen and oxygen atoms in total. The Hall–Kier alpha value is -0.540. The number of rotatable bonds is 7. The van der Waals surface area contributed by atoms with E-state index in [1.807, 2.05) is 25.1 Å². The van der Waals surface area contributed by atoms with E-state index in [1.54, 1.807) is 0 Å². The number of unbranched alkanes of at least 4 members (excludes halogenated alkanes) is 1. The third-order valence-electron chi connectivity index (χ3n) is 3.68. The molecule has 1 rings (SSSR count). The summed E-state index contributed by atoms with van der Waals surface area (Å²) in [4.78, 5) is 11.7. The van der Waals surface area contributed by atoms with E-state index in [2.05, 4.69) is 22.9 Å². The van der Waals surface area contributed by atoms with Crippen molar-refractivity contribution in [2.45, 2.75) is 46.0 Å². The van der Waals surface area contributed by atoms with Crippen molar-refractivity contribution in [3.05, 3.63) is 33.3 Å². The van der Waals surface area contributed by atoms with Gasteiger partial charge in [-0.25, -0.2) is 0 Å². The number of hydrogen-bond acceptors (Lipinski definition) is 1. The van der Waals surface area contributed by atoms with E-state index >= 15 is 0 Å². The van der Waals surface area contributed by atoms with Gasteiger partial charge in [0.25, 0.3) is 0 Å². The Balaban J connectivity index is 3.02. The SMILES string of the molecule is CCCCC(CC)(Cc1ccc(Br)cc1Cl)C(=O)O. The lowest BCUT2D eigenvalue weighted by Crippen LogP contribution is -2.33. The fraction of sp³-hybridized carbons (Fsp3) is 0.533. The van der Waals surface area contributed by atoms with Crippen LogP contribution in [-0.2, 0) is 11.2 Å². The highest BCUT2D eigenvalue weighted by atomic mass is 79.9. The van der Waals surface area contributed by atoms with Crippen LogP contribution in [-0.4, -0.2) is 11.1 Å². The predicted octanol–water partition coefficient (Wildman–Crippen LogP) is 5.32. The lowest BCUT2D eigenvalue weighted by molar-refractivity contribution is -0.149. The normalized spacial score (nSPS) is 14.1. The van der Waals surface area contributed by atoms with Crippen molar-refractivity contribution in [2.75, 3.05) is 0 Å². The van der Waals surface area contributed by atoms with Gasteiger partial charge in [0.1, 0.15) is 0 Å². The van der Waals surface area contributed by atoms with Crippen LogP contribution in [0.3, 0.4) is 0 Å². The second-order valence-electron chi connectivity index (χ2n) is 4.96. The number of benzene rings is 1. The molecule has 0 aliphatic rings. The molecule has 0 fully saturated rings. The molecule has 1 unspecified atom stereocenters. The van der Waals surface area contributed by atoms with Crippen LogP contribution < -0.4 is 0 Å². The molecule has 0 aliphatic carbocycles. The Morgan fingerprint density at radius 2 is 2.11 bits per heavy atom. The molecular weight excluding hydrogens is 328 g/mol. The van der Waals surface area contributed by atoms with Crippen molar-refractivity contribution in [1.29, 1.82) is 0 Å². The Bertz CT molecular complexity index is 448. The fourth-order valence-electron chi connectivity index (χ4n) is 2.27. The number of hydrogen-bond donors (Lipinski definition) is 1. The molecule has 0 saturated heterocycles. The third-order valence-corrected chi connectivity index (χ3v) is 4.53. The van der Waals surface area contributed by atoms with Gasteiger partial charge in [0.15, 0.2) is 0 Å². The van der Waals surface area contributed by atoms with Gasteiger partial charge in [-0.15, -0.1) is 0 Å². The summed E-state index contributed by atoms with van der Waals surface area (Å²) in [6.07, 6.45) is 3.73. The monoisotopic (exact) mass is 346 g/mol. The zero-order chi connectivity index (χ0) is 14.5. The number of halogens is 2. The minimum Gasteiger partial charge on any atom is -0.481 e. The Morgan fingerprint density at radius 1 is 1.42 bits per heavy atom.